The molecule has 2 unspecified atom stereocenters. The molecule has 6 heteroatoms. The first kappa shape index (κ1) is 18.4. The summed E-state index contributed by atoms with van der Waals surface area (Å²) in [6, 6.07) is 0. The van der Waals surface area contributed by atoms with Gasteiger partial charge in [-0.2, -0.15) is 0 Å². The molecule has 1 N–H and O–H groups in total. The van der Waals surface area contributed by atoms with Crippen molar-refractivity contribution >= 4 is 5.97 Å². The zero-order valence-electron chi connectivity index (χ0n) is 13.7. The van der Waals surface area contributed by atoms with Gasteiger partial charge in [0, 0.05) is 6.42 Å². The van der Waals surface area contributed by atoms with E-state index in [1.54, 1.807) is 0 Å². The molecule has 1 rings (SSSR count). The van der Waals surface area contributed by atoms with Crippen LogP contribution in [0.1, 0.15) is 41.0 Å². The monoisotopic (exact) mass is 304 g/mol. The van der Waals surface area contributed by atoms with Crippen LogP contribution in [0.3, 0.4) is 0 Å². The van der Waals surface area contributed by atoms with Crippen LogP contribution in [0.5, 0.6) is 0 Å². The molecular formula is C15H28O6. The molecule has 1 fully saturated rings. The molecule has 0 spiro atoms. The molecular weight excluding hydrogens is 276 g/mol. The summed E-state index contributed by atoms with van der Waals surface area (Å²) in [5.41, 5.74) is -0.491. The van der Waals surface area contributed by atoms with Gasteiger partial charge < -0.3 is 24.1 Å². The molecule has 1 saturated heterocycles. The Morgan fingerprint density at radius 1 is 1.38 bits per heavy atom. The minimum absolute atomic E-state index is 0.133. The van der Waals surface area contributed by atoms with Crippen LogP contribution in [0, 0.1) is 5.41 Å². The topological polar surface area (TPSA) is 74.2 Å². The Kier molecular flexibility index (Phi) is 6.59. The summed E-state index contributed by atoms with van der Waals surface area (Å²) in [5, 5.41) is 9.36. The molecule has 0 bridgehead atoms. The Bertz CT molecular complexity index is 334. The van der Waals surface area contributed by atoms with Crippen molar-refractivity contribution in [3.8, 4) is 0 Å². The molecule has 0 aliphatic carbocycles. The maximum atomic E-state index is 11.6. The molecule has 21 heavy (non-hydrogen) atoms. The highest BCUT2D eigenvalue weighted by molar-refractivity contribution is 5.75. The summed E-state index contributed by atoms with van der Waals surface area (Å²) in [4.78, 5) is 11.6. The van der Waals surface area contributed by atoms with Crippen LogP contribution in [-0.2, 0) is 23.7 Å². The third-order valence-corrected chi connectivity index (χ3v) is 3.09. The quantitative estimate of drug-likeness (QED) is 0.567. The van der Waals surface area contributed by atoms with Gasteiger partial charge in [0.15, 0.2) is 5.79 Å². The lowest BCUT2D eigenvalue weighted by Gasteiger charge is -2.23. The normalized spacial score (nSPS) is 23.0. The first-order valence-corrected chi connectivity index (χ1v) is 7.37. The fourth-order valence-electron chi connectivity index (χ4n) is 1.85. The van der Waals surface area contributed by atoms with Crippen molar-refractivity contribution in [3.05, 3.63) is 0 Å². The van der Waals surface area contributed by atoms with Gasteiger partial charge >= 0.3 is 5.97 Å². The van der Waals surface area contributed by atoms with Crippen molar-refractivity contribution in [3.63, 3.8) is 0 Å². The van der Waals surface area contributed by atoms with Gasteiger partial charge in [0.25, 0.3) is 0 Å². The van der Waals surface area contributed by atoms with Gasteiger partial charge in [-0.05, 0) is 34.6 Å². The summed E-state index contributed by atoms with van der Waals surface area (Å²) >= 11 is 0. The van der Waals surface area contributed by atoms with E-state index in [0.29, 0.717) is 26.2 Å². The Labute approximate surface area is 126 Å². The van der Waals surface area contributed by atoms with E-state index in [-0.39, 0.29) is 18.7 Å². The lowest BCUT2D eigenvalue weighted by atomic mass is 9.97. The van der Waals surface area contributed by atoms with E-state index in [0.717, 1.165) is 0 Å². The zero-order valence-corrected chi connectivity index (χ0v) is 13.7. The number of carbonyl (C=O) groups excluding carboxylic acids is 1. The Morgan fingerprint density at radius 3 is 2.52 bits per heavy atom. The Hall–Kier alpha value is -0.690. The number of hydrogen-bond donors (Lipinski definition) is 1. The summed E-state index contributed by atoms with van der Waals surface area (Å²) in [5.74, 6) is -0.862. The fraction of sp³-hybridized carbons (Fsp3) is 0.933. The third kappa shape index (κ3) is 6.30. The van der Waals surface area contributed by atoms with E-state index in [4.69, 9.17) is 18.9 Å². The molecule has 2 atom stereocenters. The first-order chi connectivity index (χ1) is 9.65. The van der Waals surface area contributed by atoms with Gasteiger partial charge in [0.05, 0.1) is 31.8 Å². The smallest absolute Gasteiger partial charge is 0.311 e. The van der Waals surface area contributed by atoms with Gasteiger partial charge in [-0.25, -0.2) is 0 Å². The number of aliphatic hydroxyl groups excluding tert-OH is 1. The van der Waals surface area contributed by atoms with Crippen LogP contribution in [0.15, 0.2) is 0 Å². The van der Waals surface area contributed by atoms with Crippen molar-refractivity contribution in [2.24, 2.45) is 5.41 Å². The lowest BCUT2D eigenvalue weighted by molar-refractivity contribution is -0.162. The number of esters is 1. The van der Waals surface area contributed by atoms with E-state index in [1.807, 2.05) is 34.6 Å². The van der Waals surface area contributed by atoms with Crippen molar-refractivity contribution in [1.29, 1.82) is 0 Å². The number of hydrogen-bond acceptors (Lipinski definition) is 6. The van der Waals surface area contributed by atoms with E-state index in [2.05, 4.69) is 0 Å². The number of rotatable bonds is 7. The predicted molar refractivity (Wildman–Crippen MR) is 76.8 cm³/mol. The summed E-state index contributed by atoms with van der Waals surface area (Å²) in [6.45, 7) is 10.1. The summed E-state index contributed by atoms with van der Waals surface area (Å²) < 4.78 is 21.8. The molecule has 1 aliphatic rings. The second-order valence-corrected chi connectivity index (χ2v) is 6.70. The number of carbonyl (C=O) groups is 1. The lowest BCUT2D eigenvalue weighted by Crippen LogP contribution is -2.36. The van der Waals surface area contributed by atoms with E-state index >= 15 is 0 Å². The van der Waals surface area contributed by atoms with Gasteiger partial charge in [-0.3, -0.25) is 4.79 Å². The molecule has 124 valence electrons. The highest BCUT2D eigenvalue weighted by Gasteiger charge is 2.37. The van der Waals surface area contributed by atoms with Gasteiger partial charge in [-0.1, -0.05) is 0 Å². The number of ether oxygens (including phenoxy) is 4. The SMILES string of the molecule is CC1(C)OCC(C(CO)OCCCOC(=O)C(C)(C)C)O1. The maximum absolute atomic E-state index is 11.6. The van der Waals surface area contributed by atoms with Crippen molar-refractivity contribution in [2.75, 3.05) is 26.4 Å². The van der Waals surface area contributed by atoms with Gasteiger partial charge in [-0.15, -0.1) is 0 Å². The highest BCUT2D eigenvalue weighted by Crippen LogP contribution is 2.25. The Morgan fingerprint density at radius 2 is 2.05 bits per heavy atom. The van der Waals surface area contributed by atoms with Crippen LogP contribution in [-0.4, -0.2) is 55.5 Å². The second kappa shape index (κ2) is 7.54. The van der Waals surface area contributed by atoms with Crippen LogP contribution >= 0.6 is 0 Å². The summed E-state index contributed by atoms with van der Waals surface area (Å²) in [6.07, 6.45) is -0.123. The van der Waals surface area contributed by atoms with Crippen LogP contribution in [0.25, 0.3) is 0 Å². The molecule has 0 radical (unpaired) electrons. The van der Waals surface area contributed by atoms with E-state index < -0.39 is 17.3 Å². The molecule has 0 aromatic carbocycles. The molecule has 1 heterocycles. The molecule has 1 aliphatic heterocycles. The second-order valence-electron chi connectivity index (χ2n) is 6.70. The first-order valence-electron chi connectivity index (χ1n) is 7.37. The molecule has 6 nitrogen and oxygen atoms in total. The van der Waals surface area contributed by atoms with E-state index in [9.17, 15) is 9.90 Å². The molecule has 0 aromatic rings. The average Bonchev–Trinajstić information content (AvgIpc) is 2.72. The van der Waals surface area contributed by atoms with Crippen molar-refractivity contribution < 1.29 is 28.8 Å². The fourth-order valence-corrected chi connectivity index (χ4v) is 1.85. The van der Waals surface area contributed by atoms with Crippen molar-refractivity contribution in [2.45, 2.75) is 59.0 Å². The third-order valence-electron chi connectivity index (χ3n) is 3.09. The van der Waals surface area contributed by atoms with Gasteiger partial charge in [0.1, 0.15) is 12.2 Å². The zero-order chi connectivity index (χ0) is 16.1. The van der Waals surface area contributed by atoms with Crippen molar-refractivity contribution in [1.82, 2.24) is 0 Å². The Balaban J connectivity index is 2.20. The molecule has 0 amide bonds. The van der Waals surface area contributed by atoms with Gasteiger partial charge in [0.2, 0.25) is 0 Å². The minimum Gasteiger partial charge on any atom is -0.465 e. The largest absolute Gasteiger partial charge is 0.465 e. The van der Waals surface area contributed by atoms with E-state index in [1.165, 1.54) is 0 Å². The minimum atomic E-state index is -0.635. The summed E-state index contributed by atoms with van der Waals surface area (Å²) in [7, 11) is 0. The number of aliphatic hydroxyl groups is 1. The van der Waals surface area contributed by atoms with Crippen LogP contribution < -0.4 is 0 Å². The molecule has 0 saturated carbocycles. The van der Waals surface area contributed by atoms with Crippen LogP contribution in [0.4, 0.5) is 0 Å². The van der Waals surface area contributed by atoms with Crippen LogP contribution in [0.2, 0.25) is 0 Å². The average molecular weight is 304 g/mol. The standard InChI is InChI=1S/C15H28O6/c1-14(2,3)13(17)19-8-6-7-18-11(9-16)12-10-20-15(4,5)21-12/h11-12,16H,6-10H2,1-5H3. The highest BCUT2D eigenvalue weighted by atomic mass is 16.7. The maximum Gasteiger partial charge on any atom is 0.311 e. The predicted octanol–water partition coefficient (Wildman–Crippen LogP) is 1.49. The molecule has 0 aromatic heterocycles.